The molecule has 0 heterocycles. The van der Waals surface area contributed by atoms with Crippen LogP contribution in [0.25, 0.3) is 0 Å². The van der Waals surface area contributed by atoms with E-state index in [0.29, 0.717) is 0 Å². The zero-order valence-electron chi connectivity index (χ0n) is 10.8. The van der Waals surface area contributed by atoms with Gasteiger partial charge in [0.25, 0.3) is 0 Å². The topological polar surface area (TPSA) is 113 Å². The van der Waals surface area contributed by atoms with Crippen molar-refractivity contribution < 1.29 is 85.9 Å². The zero-order valence-corrected chi connectivity index (χ0v) is 16.4. The van der Waals surface area contributed by atoms with Crippen molar-refractivity contribution in [2.24, 2.45) is 0 Å². The van der Waals surface area contributed by atoms with Gasteiger partial charge in [0.2, 0.25) is 0 Å². The Morgan fingerprint density at radius 2 is 1.83 bits per heavy atom. The van der Waals surface area contributed by atoms with Crippen LogP contribution in [-0.2, 0) is 25.5 Å². The zero-order chi connectivity index (χ0) is 12.9. The molecule has 0 saturated heterocycles. The third-order valence-electron chi connectivity index (χ3n) is 1.79. The molecule has 18 heavy (non-hydrogen) atoms. The van der Waals surface area contributed by atoms with Crippen LogP contribution in [0.3, 0.4) is 0 Å². The average Bonchev–Trinajstić information content (AvgIpc) is 2.21. The summed E-state index contributed by atoms with van der Waals surface area (Å²) >= 11 is -2.24. The molecule has 0 rings (SSSR count). The Morgan fingerprint density at radius 3 is 2.17 bits per heavy atom. The van der Waals surface area contributed by atoms with E-state index in [1.54, 1.807) is 0 Å². The fraction of sp³-hybridized carbons (Fsp3) is 0.667. The molecule has 0 aromatic heterocycles. The largest absolute Gasteiger partial charge is 1.00 e. The van der Waals surface area contributed by atoms with Gasteiger partial charge in [-0.15, -0.1) is 0 Å². The Morgan fingerprint density at radius 1 is 1.39 bits per heavy atom. The number of hydrogen-bond acceptors (Lipinski definition) is 8. The minimum absolute atomic E-state index is 0. The van der Waals surface area contributed by atoms with Crippen molar-refractivity contribution in [3.05, 3.63) is 11.6 Å². The Bertz CT molecular complexity index is 376. The quantitative estimate of drug-likeness (QED) is 0.197. The maximum atomic E-state index is 10.9. The molecule has 12 heteroatoms. The first-order valence-electron chi connectivity index (χ1n) is 3.98. The maximum absolute atomic E-state index is 10.9. The van der Waals surface area contributed by atoms with Gasteiger partial charge in [0.05, 0.1) is 15.9 Å². The van der Waals surface area contributed by atoms with Gasteiger partial charge in [-0.3, -0.25) is 5.01 Å². The summed E-state index contributed by atoms with van der Waals surface area (Å²) in [7, 11) is -1.48. The fourth-order valence-electron chi connectivity index (χ4n) is 0.731. The molecule has 0 saturated carbocycles. The van der Waals surface area contributed by atoms with Crippen LogP contribution in [0.1, 0.15) is 0 Å². The first-order valence-corrected chi connectivity index (χ1v) is 6.63. The second-order valence-corrected chi connectivity index (χ2v) is 5.46. The van der Waals surface area contributed by atoms with E-state index < -0.39 is 27.0 Å². The predicted molar refractivity (Wildman–Crippen MR) is 53.3 cm³/mol. The van der Waals surface area contributed by atoms with Crippen LogP contribution in [0.4, 0.5) is 0 Å². The molecule has 0 aliphatic carbocycles. The Kier molecular flexibility index (Phi) is 15.2. The number of nitrogens with zero attached hydrogens (tertiary/aromatic N) is 2. The van der Waals surface area contributed by atoms with E-state index in [9.17, 15) is 22.4 Å². The predicted octanol–water partition coefficient (Wildman–Crippen LogP) is -8.26. The van der Waals surface area contributed by atoms with Gasteiger partial charge in [-0.1, -0.05) is 6.58 Å². The molecule has 0 bridgehead atoms. The molecule has 0 aromatic rings. The first kappa shape index (κ1) is 24.5. The molecule has 8 nitrogen and oxygen atoms in total. The molecule has 0 aliphatic rings. The first-order chi connectivity index (χ1) is 7.19. The maximum Gasteiger partial charge on any atom is 1.00 e. The van der Waals surface area contributed by atoms with Gasteiger partial charge in [0.1, 0.15) is 5.03 Å². The molecule has 0 fully saturated rings. The summed E-state index contributed by atoms with van der Waals surface area (Å²) in [5.41, 5.74) is 0. The van der Waals surface area contributed by atoms with Crippen LogP contribution in [0.5, 0.6) is 0 Å². The van der Waals surface area contributed by atoms with Crippen LogP contribution >= 0.6 is 0 Å². The molecule has 0 spiro atoms. The van der Waals surface area contributed by atoms with E-state index >= 15 is 0 Å². The molecular weight excluding hydrogens is 306 g/mol. The van der Waals surface area contributed by atoms with Crippen molar-refractivity contribution in [2.45, 2.75) is 0 Å². The van der Waals surface area contributed by atoms with Crippen LogP contribution in [0, 0.1) is 0 Å². The van der Waals surface area contributed by atoms with E-state index in [2.05, 4.69) is 10.9 Å². The molecule has 0 aliphatic heterocycles. The molecule has 1 atom stereocenters. The van der Waals surface area contributed by atoms with Crippen molar-refractivity contribution >= 4 is 21.2 Å². The molecule has 0 amide bonds. The van der Waals surface area contributed by atoms with Crippen LogP contribution in [-0.4, -0.2) is 53.6 Å². The van der Waals surface area contributed by atoms with Crippen molar-refractivity contribution in [1.29, 1.82) is 0 Å². The van der Waals surface area contributed by atoms with Gasteiger partial charge in [-0.2, -0.15) is 0 Å². The van der Waals surface area contributed by atoms with Crippen molar-refractivity contribution in [3.63, 3.8) is 0 Å². The van der Waals surface area contributed by atoms with E-state index in [-0.39, 0.29) is 70.7 Å². The normalized spacial score (nSPS) is 12.3. The summed E-state index contributed by atoms with van der Waals surface area (Å²) in [5, 5.41) is 12.1. The Balaban J connectivity index is -0.00000112. The van der Waals surface area contributed by atoms with Crippen LogP contribution in [0.15, 0.2) is 11.6 Å². The Hall–Kier alpha value is 1.48. The molecule has 0 radical (unpaired) electrons. The van der Waals surface area contributed by atoms with E-state index in [0.717, 1.165) is 0 Å². The number of hydrogen-bond donors (Lipinski definition) is 0. The number of rotatable bonds is 7. The minimum Gasteiger partial charge on any atom is -0.748 e. The van der Waals surface area contributed by atoms with Crippen molar-refractivity contribution in [1.82, 2.24) is 10.0 Å². The third-order valence-corrected chi connectivity index (χ3v) is 3.25. The van der Waals surface area contributed by atoms with Gasteiger partial charge in [0, 0.05) is 20.6 Å². The second-order valence-electron chi connectivity index (χ2n) is 2.86. The van der Waals surface area contributed by atoms with E-state index in [4.69, 9.17) is 0 Å². The second kappa shape index (κ2) is 11.2. The summed E-state index contributed by atoms with van der Waals surface area (Å²) in [6.07, 6.45) is 0. The van der Waals surface area contributed by atoms with Gasteiger partial charge in [-0.05, 0) is 0 Å². The van der Waals surface area contributed by atoms with E-state index in [1.807, 2.05) is 0 Å². The van der Waals surface area contributed by atoms with Crippen molar-refractivity contribution in [3.8, 4) is 0 Å². The van der Waals surface area contributed by atoms with Gasteiger partial charge in [-0.25, -0.2) is 17.6 Å². The van der Waals surface area contributed by atoms with Gasteiger partial charge >= 0.3 is 59.1 Å². The van der Waals surface area contributed by atoms with Gasteiger partial charge < -0.3 is 14.1 Å². The smallest absolute Gasteiger partial charge is 0.748 e. The molecule has 0 N–H and O–H groups in total. The molecular formula is C6H12N2Na2O6S2. The summed E-state index contributed by atoms with van der Waals surface area (Å²) in [6, 6.07) is 0. The minimum atomic E-state index is -4.32. The molecule has 0 aromatic carbocycles. The van der Waals surface area contributed by atoms with Gasteiger partial charge in [0.15, 0.2) is 11.1 Å². The van der Waals surface area contributed by atoms with Crippen LogP contribution in [0.2, 0.25) is 0 Å². The summed E-state index contributed by atoms with van der Waals surface area (Å²) in [4.78, 5) is 0. The molecule has 96 valence electrons. The fourth-order valence-corrected chi connectivity index (χ4v) is 1.65. The summed E-state index contributed by atoms with van der Waals surface area (Å²) < 4.78 is 45.3. The SMILES string of the molecule is C=C(N(C)N(C)CCS(=O)(=O)[O-])S(=O)O[O-].[Na+].[Na+]. The van der Waals surface area contributed by atoms with Crippen LogP contribution < -0.4 is 64.4 Å². The standard InChI is InChI=1S/C6H14N2O6S2.2Na/c1-6(15(10)14-9)8(3)7(2)4-5-16(11,12)13;;/h9H,1,4-5H2,2-3H3,(H,11,12,13);;/q;2*+1/p-2. The summed E-state index contributed by atoms with van der Waals surface area (Å²) in [5.74, 6) is -0.605. The monoisotopic (exact) mass is 318 g/mol. The third kappa shape index (κ3) is 10.3. The summed E-state index contributed by atoms with van der Waals surface area (Å²) in [6.45, 7) is 3.21. The Labute approximate surface area is 153 Å². The molecule has 1 unspecified atom stereocenters. The average molecular weight is 318 g/mol. The number of hydrazine groups is 1. The van der Waals surface area contributed by atoms with E-state index in [1.165, 1.54) is 24.1 Å². The van der Waals surface area contributed by atoms with Crippen molar-refractivity contribution in [2.75, 3.05) is 26.4 Å².